The summed E-state index contributed by atoms with van der Waals surface area (Å²) in [4.78, 5) is 21.5. The number of fused-ring (bicyclic) bond motifs is 1. The van der Waals surface area contributed by atoms with Gasteiger partial charge in [-0.05, 0) is 57.2 Å². The molecule has 0 spiro atoms. The molecule has 1 aromatic carbocycles. The zero-order chi connectivity index (χ0) is 20.4. The van der Waals surface area contributed by atoms with Crippen molar-refractivity contribution >= 4 is 17.0 Å². The number of likely N-dealkylation sites (tertiary alicyclic amines) is 1. The summed E-state index contributed by atoms with van der Waals surface area (Å²) in [5.41, 5.74) is 1.41. The van der Waals surface area contributed by atoms with Crippen LogP contribution in [0.3, 0.4) is 0 Å². The third-order valence-corrected chi connectivity index (χ3v) is 4.81. The molecule has 8 nitrogen and oxygen atoms in total. The first-order valence-corrected chi connectivity index (χ1v) is 9.87. The van der Waals surface area contributed by atoms with Crippen LogP contribution >= 0.6 is 0 Å². The maximum Gasteiger partial charge on any atom is 0.410 e. The van der Waals surface area contributed by atoms with Crippen LogP contribution in [-0.4, -0.2) is 50.9 Å². The maximum absolute atomic E-state index is 12.1. The Morgan fingerprint density at radius 2 is 2.07 bits per heavy atom. The zero-order valence-electron chi connectivity index (χ0n) is 17.0. The lowest BCUT2D eigenvalue weighted by Crippen LogP contribution is -2.43. The molecule has 1 amide bonds. The molecule has 154 valence electrons. The molecular weight excluding hydrogens is 372 g/mol. The van der Waals surface area contributed by atoms with E-state index in [2.05, 4.69) is 15.1 Å². The summed E-state index contributed by atoms with van der Waals surface area (Å²) >= 11 is 0. The number of rotatable bonds is 4. The lowest BCUT2D eigenvalue weighted by molar-refractivity contribution is -0.0190. The molecule has 2 aromatic heterocycles. The van der Waals surface area contributed by atoms with Gasteiger partial charge in [0.2, 0.25) is 0 Å². The minimum absolute atomic E-state index is 0.0610. The van der Waals surface area contributed by atoms with Crippen LogP contribution in [-0.2, 0) is 16.1 Å². The van der Waals surface area contributed by atoms with E-state index < -0.39 is 5.60 Å². The van der Waals surface area contributed by atoms with Gasteiger partial charge in [0.1, 0.15) is 12.2 Å². The summed E-state index contributed by atoms with van der Waals surface area (Å²) in [6, 6.07) is 7.97. The lowest BCUT2D eigenvalue weighted by atomic mass is 10.1. The molecule has 1 saturated heterocycles. The van der Waals surface area contributed by atoms with E-state index in [-0.39, 0.29) is 18.8 Å². The Kier molecular flexibility index (Phi) is 5.27. The molecule has 0 aliphatic carbocycles. The summed E-state index contributed by atoms with van der Waals surface area (Å²) in [6.45, 7) is 7.13. The number of carbonyl (C=O) groups is 1. The normalized spacial score (nSPS) is 15.8. The summed E-state index contributed by atoms with van der Waals surface area (Å²) < 4.78 is 16.7. The number of benzene rings is 1. The van der Waals surface area contributed by atoms with Crippen molar-refractivity contribution in [2.75, 3.05) is 13.1 Å². The van der Waals surface area contributed by atoms with Gasteiger partial charge in [0.25, 0.3) is 5.89 Å². The van der Waals surface area contributed by atoms with Crippen molar-refractivity contribution in [3.63, 3.8) is 0 Å². The average Bonchev–Trinajstić information content (AvgIpc) is 3.34. The Hall–Kier alpha value is -2.87. The summed E-state index contributed by atoms with van der Waals surface area (Å²) in [7, 11) is 0. The van der Waals surface area contributed by atoms with E-state index in [1.165, 1.54) is 0 Å². The van der Waals surface area contributed by atoms with Crippen LogP contribution in [0.4, 0.5) is 4.79 Å². The van der Waals surface area contributed by atoms with Crippen LogP contribution in [0, 0.1) is 0 Å². The van der Waals surface area contributed by atoms with Gasteiger partial charge in [0, 0.05) is 30.4 Å². The lowest BCUT2D eigenvalue weighted by Gasteiger charge is -2.33. The zero-order valence-corrected chi connectivity index (χ0v) is 17.0. The largest absolute Gasteiger partial charge is 0.444 e. The SMILES string of the molecule is CC(C)(C)OC(=O)N1CCC(OCc2noc(-c3ccc4cc[nH]c4c3)n2)CC1. The second kappa shape index (κ2) is 7.87. The highest BCUT2D eigenvalue weighted by Gasteiger charge is 2.27. The topological polar surface area (TPSA) is 93.5 Å². The molecule has 0 radical (unpaired) electrons. The molecule has 1 aliphatic heterocycles. The van der Waals surface area contributed by atoms with E-state index in [0.717, 1.165) is 29.3 Å². The smallest absolute Gasteiger partial charge is 0.410 e. The first-order chi connectivity index (χ1) is 13.9. The number of H-pyrrole nitrogens is 1. The van der Waals surface area contributed by atoms with Gasteiger partial charge in [0.15, 0.2) is 5.82 Å². The highest BCUT2D eigenvalue weighted by atomic mass is 16.6. The Morgan fingerprint density at radius 3 is 2.83 bits per heavy atom. The highest BCUT2D eigenvalue weighted by Crippen LogP contribution is 2.23. The van der Waals surface area contributed by atoms with Gasteiger partial charge in [-0.25, -0.2) is 4.79 Å². The van der Waals surface area contributed by atoms with Crippen molar-refractivity contribution in [2.45, 2.75) is 51.9 Å². The number of ether oxygens (including phenoxy) is 2. The third-order valence-electron chi connectivity index (χ3n) is 4.81. The second-order valence-electron chi connectivity index (χ2n) is 8.27. The van der Waals surface area contributed by atoms with Crippen LogP contribution in [0.1, 0.15) is 39.4 Å². The third kappa shape index (κ3) is 4.76. The Labute approximate surface area is 169 Å². The summed E-state index contributed by atoms with van der Waals surface area (Å²) in [6.07, 6.45) is 3.21. The van der Waals surface area contributed by atoms with Crippen molar-refractivity contribution < 1.29 is 18.8 Å². The van der Waals surface area contributed by atoms with Crippen molar-refractivity contribution in [2.24, 2.45) is 0 Å². The molecule has 0 atom stereocenters. The van der Waals surface area contributed by atoms with E-state index in [1.807, 2.05) is 51.2 Å². The molecule has 0 bridgehead atoms. The van der Waals surface area contributed by atoms with E-state index >= 15 is 0 Å². The van der Waals surface area contributed by atoms with Crippen LogP contribution < -0.4 is 0 Å². The predicted octanol–water partition coefficient (Wildman–Crippen LogP) is 4.13. The fraction of sp³-hybridized carbons (Fsp3) is 0.476. The quantitative estimate of drug-likeness (QED) is 0.710. The van der Waals surface area contributed by atoms with Gasteiger partial charge in [-0.3, -0.25) is 0 Å². The maximum atomic E-state index is 12.1. The summed E-state index contributed by atoms with van der Waals surface area (Å²) in [5, 5.41) is 5.16. The number of hydrogen-bond donors (Lipinski definition) is 1. The van der Waals surface area contributed by atoms with Crippen LogP contribution in [0.15, 0.2) is 35.0 Å². The number of carbonyl (C=O) groups excluding carboxylic acids is 1. The number of piperidine rings is 1. The Bertz CT molecular complexity index is 980. The van der Waals surface area contributed by atoms with E-state index in [9.17, 15) is 4.79 Å². The Morgan fingerprint density at radius 1 is 1.28 bits per heavy atom. The first-order valence-electron chi connectivity index (χ1n) is 9.87. The molecular formula is C21H26N4O4. The van der Waals surface area contributed by atoms with Crippen LogP contribution in [0.2, 0.25) is 0 Å². The minimum atomic E-state index is -0.480. The number of aromatic amines is 1. The predicted molar refractivity (Wildman–Crippen MR) is 107 cm³/mol. The van der Waals surface area contributed by atoms with Gasteiger partial charge in [-0.1, -0.05) is 11.2 Å². The van der Waals surface area contributed by atoms with Crippen molar-refractivity contribution in [1.82, 2.24) is 20.0 Å². The number of aromatic nitrogens is 3. The van der Waals surface area contributed by atoms with Crippen molar-refractivity contribution in [1.29, 1.82) is 0 Å². The van der Waals surface area contributed by atoms with Crippen LogP contribution in [0.5, 0.6) is 0 Å². The minimum Gasteiger partial charge on any atom is -0.444 e. The molecule has 0 saturated carbocycles. The van der Waals surface area contributed by atoms with Gasteiger partial charge < -0.3 is 23.9 Å². The van der Waals surface area contributed by atoms with Crippen LogP contribution in [0.25, 0.3) is 22.4 Å². The Balaban J connectivity index is 1.28. The monoisotopic (exact) mass is 398 g/mol. The van der Waals surface area contributed by atoms with E-state index in [1.54, 1.807) is 4.90 Å². The standard InChI is InChI=1S/C21H26N4O4/c1-21(2,3)28-20(26)25-10-7-16(8-11-25)27-13-18-23-19(29-24-18)15-5-4-14-6-9-22-17(14)12-15/h4-6,9,12,16,22H,7-8,10-11,13H2,1-3H3. The molecule has 29 heavy (non-hydrogen) atoms. The van der Waals surface area contributed by atoms with E-state index in [4.69, 9.17) is 14.0 Å². The van der Waals surface area contributed by atoms with Gasteiger partial charge >= 0.3 is 6.09 Å². The number of nitrogens with zero attached hydrogens (tertiary/aromatic N) is 3. The van der Waals surface area contributed by atoms with Gasteiger partial charge in [-0.15, -0.1) is 0 Å². The molecule has 0 unspecified atom stereocenters. The average molecular weight is 398 g/mol. The fourth-order valence-corrected chi connectivity index (χ4v) is 3.33. The molecule has 1 N–H and O–H groups in total. The number of nitrogens with one attached hydrogen (secondary N) is 1. The molecule has 3 heterocycles. The number of amides is 1. The van der Waals surface area contributed by atoms with Gasteiger partial charge in [0.05, 0.1) is 6.10 Å². The molecule has 8 heteroatoms. The van der Waals surface area contributed by atoms with E-state index in [0.29, 0.717) is 24.8 Å². The van der Waals surface area contributed by atoms with Crippen molar-refractivity contribution in [3.8, 4) is 11.5 Å². The molecule has 3 aromatic rings. The van der Waals surface area contributed by atoms with Crippen molar-refractivity contribution in [3.05, 3.63) is 36.3 Å². The first kappa shape index (κ1) is 19.4. The number of hydrogen-bond acceptors (Lipinski definition) is 6. The second-order valence-corrected chi connectivity index (χ2v) is 8.27. The highest BCUT2D eigenvalue weighted by molar-refractivity contribution is 5.83. The molecule has 1 fully saturated rings. The van der Waals surface area contributed by atoms with Gasteiger partial charge in [-0.2, -0.15) is 4.98 Å². The fourth-order valence-electron chi connectivity index (χ4n) is 3.33. The molecule has 4 rings (SSSR count). The molecule has 1 aliphatic rings. The summed E-state index contributed by atoms with van der Waals surface area (Å²) in [5.74, 6) is 0.987.